The van der Waals surface area contributed by atoms with Crippen LogP contribution >= 0.6 is 15.9 Å². The van der Waals surface area contributed by atoms with Gasteiger partial charge in [-0.3, -0.25) is 14.8 Å². The summed E-state index contributed by atoms with van der Waals surface area (Å²) in [4.78, 5) is 20.4. The van der Waals surface area contributed by atoms with Crippen molar-refractivity contribution < 1.29 is 4.79 Å². The Morgan fingerprint density at radius 2 is 2.05 bits per heavy atom. The first-order valence-electron chi connectivity index (χ1n) is 6.25. The molecule has 0 aliphatic rings. The van der Waals surface area contributed by atoms with E-state index in [0.717, 1.165) is 22.8 Å². The van der Waals surface area contributed by atoms with Crippen molar-refractivity contribution in [2.45, 2.75) is 13.3 Å². The molecule has 2 rings (SSSR count). The Bertz CT molecular complexity index is 573. The Kier molecular flexibility index (Phi) is 4.85. The van der Waals surface area contributed by atoms with E-state index in [2.05, 4.69) is 38.1 Å². The summed E-state index contributed by atoms with van der Waals surface area (Å²) in [7, 11) is 0. The first-order chi connectivity index (χ1) is 9.20. The lowest BCUT2D eigenvalue weighted by Crippen LogP contribution is -2.28. The molecule has 5 heteroatoms. The Morgan fingerprint density at radius 1 is 1.32 bits per heavy atom. The third kappa shape index (κ3) is 3.73. The maximum absolute atomic E-state index is 12.0. The molecular weight excluding hydrogens is 306 g/mol. The van der Waals surface area contributed by atoms with Crippen LogP contribution in [0.5, 0.6) is 0 Å². The molecule has 0 spiro atoms. The molecule has 0 fully saturated rings. The minimum Gasteiger partial charge on any atom is -0.352 e. The lowest BCUT2D eigenvalue weighted by atomic mass is 10.1. The Balaban J connectivity index is 2.05. The number of hydrogen-bond acceptors (Lipinski definition) is 3. The zero-order chi connectivity index (χ0) is 13.7. The number of nitrogens with zero attached hydrogens (tertiary/aromatic N) is 2. The number of carbonyl (C=O) groups is 1. The number of aromatic nitrogens is 2. The van der Waals surface area contributed by atoms with Crippen molar-refractivity contribution in [2.75, 3.05) is 11.9 Å². The molecule has 19 heavy (non-hydrogen) atoms. The molecule has 0 saturated heterocycles. The number of rotatable bonds is 5. The van der Waals surface area contributed by atoms with E-state index < -0.39 is 0 Å². The van der Waals surface area contributed by atoms with Crippen molar-refractivity contribution in [1.29, 1.82) is 0 Å². The van der Waals surface area contributed by atoms with Crippen LogP contribution in [-0.4, -0.2) is 27.7 Å². The lowest BCUT2D eigenvalue weighted by molar-refractivity contribution is 0.0948. The lowest BCUT2D eigenvalue weighted by Gasteiger charge is -2.11. The molecule has 0 saturated carbocycles. The quantitative estimate of drug-likeness (QED) is 0.861. The van der Waals surface area contributed by atoms with Gasteiger partial charge in [0, 0.05) is 29.8 Å². The minimum absolute atomic E-state index is 0.0611. The minimum atomic E-state index is -0.0611. The van der Waals surface area contributed by atoms with Crippen molar-refractivity contribution in [1.82, 2.24) is 15.3 Å². The molecule has 1 unspecified atom stereocenters. The van der Waals surface area contributed by atoms with Gasteiger partial charge in [-0.15, -0.1) is 0 Å². The first-order valence-corrected chi connectivity index (χ1v) is 7.38. The van der Waals surface area contributed by atoms with Crippen LogP contribution in [0.15, 0.2) is 30.6 Å². The fourth-order valence-corrected chi connectivity index (χ4v) is 2.54. The van der Waals surface area contributed by atoms with E-state index in [1.54, 1.807) is 24.5 Å². The maximum Gasteiger partial charge on any atom is 0.251 e. The predicted octanol–water partition coefficient (Wildman–Crippen LogP) is 2.78. The summed E-state index contributed by atoms with van der Waals surface area (Å²) >= 11 is 3.40. The van der Waals surface area contributed by atoms with Gasteiger partial charge in [-0.1, -0.05) is 22.9 Å². The van der Waals surface area contributed by atoms with E-state index in [-0.39, 0.29) is 5.91 Å². The number of halogens is 1. The summed E-state index contributed by atoms with van der Waals surface area (Å²) in [6, 6.07) is 5.37. The second-order valence-corrected chi connectivity index (χ2v) is 5.35. The molecule has 1 amide bonds. The Labute approximate surface area is 120 Å². The molecule has 4 nitrogen and oxygen atoms in total. The second kappa shape index (κ2) is 6.61. The van der Waals surface area contributed by atoms with Crippen LogP contribution in [0.2, 0.25) is 0 Å². The summed E-state index contributed by atoms with van der Waals surface area (Å²) in [5.74, 6) is 0.401. The van der Waals surface area contributed by atoms with E-state index in [1.165, 1.54) is 0 Å². The second-order valence-electron chi connectivity index (χ2n) is 4.55. The zero-order valence-electron chi connectivity index (χ0n) is 10.8. The van der Waals surface area contributed by atoms with Gasteiger partial charge in [-0.05, 0) is 30.5 Å². The maximum atomic E-state index is 12.0. The van der Waals surface area contributed by atoms with Crippen LogP contribution in [0.3, 0.4) is 0 Å². The standard InChI is InChI=1S/C14H16BrN3O/c1-10(4-5-15)9-18-14(19)11-2-3-12-13(8-11)17-7-6-16-12/h2-3,6-8,10H,4-5,9H2,1H3,(H,18,19). The highest BCUT2D eigenvalue weighted by Gasteiger charge is 2.08. The highest BCUT2D eigenvalue weighted by Crippen LogP contribution is 2.11. The molecule has 1 atom stereocenters. The Morgan fingerprint density at radius 3 is 2.79 bits per heavy atom. The van der Waals surface area contributed by atoms with Gasteiger partial charge in [0.25, 0.3) is 5.91 Å². The number of benzene rings is 1. The van der Waals surface area contributed by atoms with Crippen LogP contribution in [0.4, 0.5) is 0 Å². The number of fused-ring (bicyclic) bond motifs is 1. The number of carbonyl (C=O) groups excluding carboxylic acids is 1. The molecule has 1 heterocycles. The average molecular weight is 322 g/mol. The summed E-state index contributed by atoms with van der Waals surface area (Å²) < 4.78 is 0. The van der Waals surface area contributed by atoms with E-state index in [4.69, 9.17) is 0 Å². The molecule has 1 aromatic heterocycles. The highest BCUT2D eigenvalue weighted by atomic mass is 79.9. The van der Waals surface area contributed by atoms with Gasteiger partial charge in [0.15, 0.2) is 0 Å². The number of nitrogens with one attached hydrogen (secondary N) is 1. The number of amides is 1. The van der Waals surface area contributed by atoms with Crippen molar-refractivity contribution in [3.63, 3.8) is 0 Å². The van der Waals surface area contributed by atoms with Gasteiger partial charge in [0.1, 0.15) is 0 Å². The van der Waals surface area contributed by atoms with Crippen LogP contribution < -0.4 is 5.32 Å². The van der Waals surface area contributed by atoms with Crippen LogP contribution in [-0.2, 0) is 0 Å². The third-order valence-electron chi connectivity index (χ3n) is 2.94. The van der Waals surface area contributed by atoms with E-state index in [0.29, 0.717) is 18.0 Å². The third-order valence-corrected chi connectivity index (χ3v) is 3.40. The van der Waals surface area contributed by atoms with Crippen LogP contribution in [0.1, 0.15) is 23.7 Å². The molecule has 0 radical (unpaired) electrons. The molecule has 0 bridgehead atoms. The molecule has 0 aliphatic heterocycles. The summed E-state index contributed by atoms with van der Waals surface area (Å²) in [5, 5.41) is 3.89. The summed E-state index contributed by atoms with van der Waals surface area (Å²) in [5.41, 5.74) is 2.16. The van der Waals surface area contributed by atoms with Crippen molar-refractivity contribution in [3.05, 3.63) is 36.2 Å². The highest BCUT2D eigenvalue weighted by molar-refractivity contribution is 9.09. The predicted molar refractivity (Wildman–Crippen MR) is 79.4 cm³/mol. The van der Waals surface area contributed by atoms with Gasteiger partial charge in [-0.25, -0.2) is 0 Å². The van der Waals surface area contributed by atoms with Crippen molar-refractivity contribution in [3.8, 4) is 0 Å². The fourth-order valence-electron chi connectivity index (χ4n) is 1.76. The van der Waals surface area contributed by atoms with Gasteiger partial charge in [0.2, 0.25) is 0 Å². The Hall–Kier alpha value is -1.49. The molecule has 2 aromatic rings. The molecule has 100 valence electrons. The van der Waals surface area contributed by atoms with Crippen molar-refractivity contribution in [2.24, 2.45) is 5.92 Å². The normalized spacial score (nSPS) is 12.3. The first kappa shape index (κ1) is 13.9. The van der Waals surface area contributed by atoms with Gasteiger partial charge in [0.05, 0.1) is 11.0 Å². The number of alkyl halides is 1. The topological polar surface area (TPSA) is 54.9 Å². The van der Waals surface area contributed by atoms with E-state index >= 15 is 0 Å². The fraction of sp³-hybridized carbons (Fsp3) is 0.357. The van der Waals surface area contributed by atoms with Crippen molar-refractivity contribution >= 4 is 32.9 Å². The largest absolute Gasteiger partial charge is 0.352 e. The zero-order valence-corrected chi connectivity index (χ0v) is 12.4. The van der Waals surface area contributed by atoms with E-state index in [1.807, 2.05) is 6.07 Å². The molecule has 1 aromatic carbocycles. The van der Waals surface area contributed by atoms with Gasteiger partial charge in [-0.2, -0.15) is 0 Å². The summed E-state index contributed by atoms with van der Waals surface area (Å²) in [6.07, 6.45) is 4.32. The van der Waals surface area contributed by atoms with Gasteiger partial charge < -0.3 is 5.32 Å². The van der Waals surface area contributed by atoms with E-state index in [9.17, 15) is 4.79 Å². The SMILES string of the molecule is CC(CCBr)CNC(=O)c1ccc2nccnc2c1. The van der Waals surface area contributed by atoms with Gasteiger partial charge >= 0.3 is 0 Å². The smallest absolute Gasteiger partial charge is 0.251 e. The monoisotopic (exact) mass is 321 g/mol. The molecule has 1 N–H and O–H groups in total. The molecular formula is C14H16BrN3O. The summed E-state index contributed by atoms with van der Waals surface area (Å²) in [6.45, 7) is 2.80. The number of hydrogen-bond donors (Lipinski definition) is 1. The molecule has 0 aliphatic carbocycles. The average Bonchev–Trinajstić information content (AvgIpc) is 2.44. The van der Waals surface area contributed by atoms with Crippen LogP contribution in [0.25, 0.3) is 11.0 Å². The van der Waals surface area contributed by atoms with Crippen LogP contribution in [0, 0.1) is 5.92 Å².